The highest BCUT2D eigenvalue weighted by molar-refractivity contribution is 6.26. The maximum atomic E-state index is 13.1. The van der Waals surface area contributed by atoms with Crippen LogP contribution < -0.4 is 10.6 Å². The lowest BCUT2D eigenvalue weighted by Crippen LogP contribution is -2.54. The van der Waals surface area contributed by atoms with Crippen molar-refractivity contribution in [2.24, 2.45) is 0 Å². The number of fused-ring (bicyclic) bond motifs is 1. The van der Waals surface area contributed by atoms with Crippen molar-refractivity contribution in [2.75, 3.05) is 58.2 Å². The molecule has 0 bridgehead atoms. The highest BCUT2D eigenvalue weighted by atomic mass is 16.6. The molecule has 2 aliphatic rings. The Kier molecular flexibility index (Phi) is 14.7. The molecule has 2 N–H and O–H groups in total. The molecular formula is C32H45N3O11. The van der Waals surface area contributed by atoms with Crippen LogP contribution in [0, 0.1) is 0 Å². The van der Waals surface area contributed by atoms with Crippen LogP contribution in [-0.2, 0) is 42.9 Å². The quantitative estimate of drug-likeness (QED) is 0.121. The molecule has 46 heavy (non-hydrogen) atoms. The van der Waals surface area contributed by atoms with Crippen molar-refractivity contribution in [3.8, 4) is 0 Å². The van der Waals surface area contributed by atoms with Crippen LogP contribution >= 0.6 is 0 Å². The third-order valence-electron chi connectivity index (χ3n) is 6.92. The zero-order chi connectivity index (χ0) is 33.5. The number of unbranched alkanes of at least 4 members (excludes halogenated alkanes) is 2. The van der Waals surface area contributed by atoms with Crippen molar-refractivity contribution in [2.45, 2.75) is 77.4 Å². The fraction of sp³-hybridized carbons (Fsp3) is 0.625. The first kappa shape index (κ1) is 36.7. The molecule has 1 aromatic rings. The Morgan fingerprint density at radius 1 is 0.826 bits per heavy atom. The van der Waals surface area contributed by atoms with E-state index in [9.17, 15) is 28.8 Å². The van der Waals surface area contributed by atoms with Crippen molar-refractivity contribution in [1.29, 1.82) is 0 Å². The molecule has 5 amide bonds. The lowest BCUT2D eigenvalue weighted by Gasteiger charge is -2.27. The molecular weight excluding hydrogens is 602 g/mol. The van der Waals surface area contributed by atoms with Crippen molar-refractivity contribution < 1.29 is 52.5 Å². The van der Waals surface area contributed by atoms with Gasteiger partial charge in [-0.05, 0) is 52.2 Å². The van der Waals surface area contributed by atoms with E-state index >= 15 is 0 Å². The topological polar surface area (TPSA) is 176 Å². The number of esters is 1. The number of anilines is 1. The lowest BCUT2D eigenvalue weighted by atomic mass is 10.0. The zero-order valence-corrected chi connectivity index (χ0v) is 26.9. The first-order chi connectivity index (χ1) is 22.0. The summed E-state index contributed by atoms with van der Waals surface area (Å²) in [5.41, 5.74) is -0.122. The Hall–Kier alpha value is -3.72. The van der Waals surface area contributed by atoms with Gasteiger partial charge in [0, 0.05) is 19.4 Å². The third-order valence-corrected chi connectivity index (χ3v) is 6.92. The molecule has 0 aliphatic carbocycles. The number of hydrogen-bond acceptors (Lipinski definition) is 11. The van der Waals surface area contributed by atoms with E-state index in [2.05, 4.69) is 10.6 Å². The van der Waals surface area contributed by atoms with E-state index in [1.54, 1.807) is 12.1 Å². The Bertz CT molecular complexity index is 1240. The minimum atomic E-state index is -1.07. The number of carbonyl (C=O) groups is 6. The number of amides is 5. The highest BCUT2D eigenvalue weighted by Gasteiger charge is 2.45. The second kappa shape index (κ2) is 18.4. The molecule has 0 aromatic heterocycles. The van der Waals surface area contributed by atoms with E-state index < -0.39 is 35.3 Å². The molecule has 1 saturated heterocycles. The van der Waals surface area contributed by atoms with Gasteiger partial charge in [0.05, 0.1) is 69.5 Å². The second-order valence-corrected chi connectivity index (χ2v) is 11.8. The van der Waals surface area contributed by atoms with Crippen LogP contribution in [0.3, 0.4) is 0 Å². The van der Waals surface area contributed by atoms with Gasteiger partial charge in [-0.15, -0.1) is 0 Å². The first-order valence-electron chi connectivity index (χ1n) is 15.6. The number of imide groups is 2. The maximum absolute atomic E-state index is 13.1. The molecule has 1 aromatic carbocycles. The summed E-state index contributed by atoms with van der Waals surface area (Å²) in [5.74, 6) is -3.01. The summed E-state index contributed by atoms with van der Waals surface area (Å²) in [7, 11) is 0. The maximum Gasteiger partial charge on any atom is 0.308 e. The molecule has 2 aliphatic heterocycles. The Morgan fingerprint density at radius 2 is 1.46 bits per heavy atom. The summed E-state index contributed by atoms with van der Waals surface area (Å²) in [6.07, 6.45) is 2.64. The minimum Gasteiger partial charge on any atom is -0.460 e. The van der Waals surface area contributed by atoms with Crippen LogP contribution in [0.25, 0.3) is 0 Å². The van der Waals surface area contributed by atoms with E-state index in [1.165, 1.54) is 6.07 Å². The second-order valence-electron chi connectivity index (χ2n) is 11.8. The van der Waals surface area contributed by atoms with Gasteiger partial charge < -0.3 is 29.0 Å². The molecule has 3 rings (SSSR count). The van der Waals surface area contributed by atoms with Crippen molar-refractivity contribution in [3.63, 3.8) is 0 Å². The van der Waals surface area contributed by atoms with Gasteiger partial charge in [0.1, 0.15) is 11.6 Å². The summed E-state index contributed by atoms with van der Waals surface area (Å²) in [6.45, 7) is 8.78. The molecule has 0 spiro atoms. The van der Waals surface area contributed by atoms with E-state index in [4.69, 9.17) is 23.7 Å². The molecule has 14 nitrogen and oxygen atoms in total. The molecule has 2 heterocycles. The summed E-state index contributed by atoms with van der Waals surface area (Å²) in [6, 6.07) is 3.52. The number of hydrogen-bond donors (Lipinski definition) is 2. The summed E-state index contributed by atoms with van der Waals surface area (Å²) in [5, 5.41) is 4.89. The van der Waals surface area contributed by atoms with Gasteiger partial charge in [0.25, 0.3) is 11.8 Å². The number of carbonyl (C=O) groups excluding carboxylic acids is 6. The van der Waals surface area contributed by atoms with E-state index in [-0.39, 0.29) is 61.0 Å². The largest absolute Gasteiger partial charge is 0.460 e. The van der Waals surface area contributed by atoms with Crippen molar-refractivity contribution in [3.05, 3.63) is 29.3 Å². The van der Waals surface area contributed by atoms with Crippen LogP contribution in [0.1, 0.15) is 86.4 Å². The van der Waals surface area contributed by atoms with Gasteiger partial charge in [-0.1, -0.05) is 12.5 Å². The van der Waals surface area contributed by atoms with Gasteiger partial charge in [-0.3, -0.25) is 39.0 Å². The number of rotatable bonds is 20. The monoisotopic (exact) mass is 647 g/mol. The third kappa shape index (κ3) is 11.9. The normalized spacial score (nSPS) is 16.4. The van der Waals surface area contributed by atoms with Gasteiger partial charge in [-0.25, -0.2) is 0 Å². The molecule has 1 fully saturated rings. The van der Waals surface area contributed by atoms with Crippen molar-refractivity contribution >= 4 is 41.2 Å². The Labute approximate surface area is 268 Å². The number of nitrogens with one attached hydrogen (secondary N) is 2. The standard InChI is InChI=1S/C32H45N3O11/c1-32(2,3)46-27(38)13-15-43-17-19-45-21-20-44-18-16-42-14-6-4-5-10-25(36)33-23-9-7-8-22-28(23)31(41)35(30(22)40)24-11-12-26(37)34-29(24)39/h7-9,24H,4-6,10-21H2,1-3H3,(H,33,36)(H,34,37,39). The summed E-state index contributed by atoms with van der Waals surface area (Å²) < 4.78 is 27.0. The van der Waals surface area contributed by atoms with Gasteiger partial charge in [-0.2, -0.15) is 0 Å². The van der Waals surface area contributed by atoms with Gasteiger partial charge in [0.2, 0.25) is 17.7 Å². The van der Waals surface area contributed by atoms with Crippen LogP contribution in [0.5, 0.6) is 0 Å². The molecule has 0 radical (unpaired) electrons. The molecule has 1 atom stereocenters. The average molecular weight is 648 g/mol. The number of nitrogens with zero attached hydrogens (tertiary/aromatic N) is 1. The molecule has 1 unspecified atom stereocenters. The summed E-state index contributed by atoms with van der Waals surface area (Å²) in [4.78, 5) is 74.9. The predicted octanol–water partition coefficient (Wildman–Crippen LogP) is 2.38. The minimum absolute atomic E-state index is 0.0287. The SMILES string of the molecule is CC(C)(C)OC(=O)CCOCCOCCOCCOCCCCCC(=O)Nc1cccc2c1C(=O)N(C1CCC(=O)NC1=O)C2=O. The first-order valence-corrected chi connectivity index (χ1v) is 15.6. The van der Waals surface area contributed by atoms with E-state index in [1.807, 2.05) is 20.8 Å². The van der Waals surface area contributed by atoms with Gasteiger partial charge >= 0.3 is 5.97 Å². The average Bonchev–Trinajstić information content (AvgIpc) is 3.23. The molecule has 0 saturated carbocycles. The number of ether oxygens (including phenoxy) is 5. The van der Waals surface area contributed by atoms with Crippen molar-refractivity contribution in [1.82, 2.24) is 10.2 Å². The van der Waals surface area contributed by atoms with E-state index in [0.717, 1.165) is 17.7 Å². The van der Waals surface area contributed by atoms with E-state index in [0.29, 0.717) is 52.7 Å². The van der Waals surface area contributed by atoms with Gasteiger partial charge in [0.15, 0.2) is 0 Å². The predicted molar refractivity (Wildman–Crippen MR) is 164 cm³/mol. The number of piperidine rings is 1. The Balaban J connectivity index is 1.19. The lowest BCUT2D eigenvalue weighted by molar-refractivity contribution is -0.156. The summed E-state index contributed by atoms with van der Waals surface area (Å²) >= 11 is 0. The van der Waals surface area contributed by atoms with Crippen LogP contribution in [0.15, 0.2) is 18.2 Å². The molecule has 14 heteroatoms. The number of benzene rings is 1. The highest BCUT2D eigenvalue weighted by Crippen LogP contribution is 2.32. The smallest absolute Gasteiger partial charge is 0.308 e. The van der Waals surface area contributed by atoms with Crippen LogP contribution in [-0.4, -0.2) is 105 Å². The van der Waals surface area contributed by atoms with Crippen LogP contribution in [0.2, 0.25) is 0 Å². The Morgan fingerprint density at radius 3 is 2.09 bits per heavy atom. The fourth-order valence-corrected chi connectivity index (χ4v) is 4.81. The van der Waals surface area contributed by atoms with Crippen LogP contribution in [0.4, 0.5) is 5.69 Å². The zero-order valence-electron chi connectivity index (χ0n) is 26.9. The fourth-order valence-electron chi connectivity index (χ4n) is 4.81. The molecule has 254 valence electrons.